The summed E-state index contributed by atoms with van der Waals surface area (Å²) in [6, 6.07) is 9.37. The van der Waals surface area contributed by atoms with Crippen molar-refractivity contribution >= 4 is 28.8 Å². The lowest BCUT2D eigenvalue weighted by atomic mass is 10.1. The minimum absolute atomic E-state index is 0.208. The number of nitrogens with one attached hydrogen (secondary N) is 2. The van der Waals surface area contributed by atoms with Crippen LogP contribution in [0.2, 0.25) is 0 Å². The van der Waals surface area contributed by atoms with Gasteiger partial charge in [0.05, 0.1) is 41.5 Å². The fourth-order valence-corrected chi connectivity index (χ4v) is 4.80. The van der Waals surface area contributed by atoms with Crippen LogP contribution in [-0.2, 0) is 0 Å². The van der Waals surface area contributed by atoms with E-state index in [0.29, 0.717) is 34.4 Å². The number of aliphatic hydroxyl groups excluding tert-OH is 3. The standard InChI is InChI=1S/C23H23N7O3S/c31-10-14-6-17(20(33)19(14)32)28-21-16(9-26-23(30-21)27-15-7-24-12-25-8-15)22-29-18(11-34-22)13-4-2-1-3-5-13/h1-5,7-9,11-12,14,17,19-20,31-33H,6,10H2,(H2,26,27,28,30)/t14-,17-,19-,20+/m1/s1. The van der Waals surface area contributed by atoms with E-state index in [4.69, 9.17) is 4.98 Å². The van der Waals surface area contributed by atoms with Crippen LogP contribution in [0.3, 0.4) is 0 Å². The van der Waals surface area contributed by atoms with Crippen molar-refractivity contribution in [3.63, 3.8) is 0 Å². The molecule has 1 saturated carbocycles. The van der Waals surface area contributed by atoms with Crippen LogP contribution in [0, 0.1) is 5.92 Å². The summed E-state index contributed by atoms with van der Waals surface area (Å²) in [4.78, 5) is 21.8. The number of hydrogen-bond acceptors (Lipinski definition) is 11. The first-order chi connectivity index (χ1) is 16.6. The number of aliphatic hydroxyl groups is 3. The summed E-state index contributed by atoms with van der Waals surface area (Å²) in [5.74, 6) is 0.354. The molecule has 1 aromatic carbocycles. The molecule has 1 aliphatic carbocycles. The summed E-state index contributed by atoms with van der Waals surface area (Å²) in [5, 5.41) is 39.3. The number of anilines is 3. The molecule has 0 aliphatic heterocycles. The van der Waals surface area contributed by atoms with Crippen molar-refractivity contribution in [3.8, 4) is 21.8 Å². The van der Waals surface area contributed by atoms with Crippen LogP contribution in [0.5, 0.6) is 0 Å². The minimum atomic E-state index is -1.05. The maximum Gasteiger partial charge on any atom is 0.229 e. The molecule has 0 amide bonds. The Labute approximate surface area is 199 Å². The Kier molecular flexibility index (Phi) is 6.41. The van der Waals surface area contributed by atoms with Crippen LogP contribution >= 0.6 is 11.3 Å². The maximum absolute atomic E-state index is 10.5. The normalized spacial score (nSPS) is 22.0. The first-order valence-electron chi connectivity index (χ1n) is 10.8. The molecule has 1 aliphatic rings. The third kappa shape index (κ3) is 4.59. The highest BCUT2D eigenvalue weighted by Crippen LogP contribution is 2.35. The molecule has 174 valence electrons. The highest BCUT2D eigenvalue weighted by atomic mass is 32.1. The van der Waals surface area contributed by atoms with Crippen LogP contribution in [0.25, 0.3) is 21.8 Å². The lowest BCUT2D eigenvalue weighted by Crippen LogP contribution is -2.35. The molecule has 5 N–H and O–H groups in total. The average Bonchev–Trinajstić information content (AvgIpc) is 3.46. The van der Waals surface area contributed by atoms with Gasteiger partial charge in [-0.25, -0.2) is 19.9 Å². The highest BCUT2D eigenvalue weighted by Gasteiger charge is 2.41. The maximum atomic E-state index is 10.5. The largest absolute Gasteiger partial charge is 0.396 e. The van der Waals surface area contributed by atoms with Gasteiger partial charge in [0.1, 0.15) is 23.3 Å². The zero-order valence-corrected chi connectivity index (χ0v) is 18.8. The van der Waals surface area contributed by atoms with Gasteiger partial charge in [0.2, 0.25) is 5.95 Å². The molecule has 1 fully saturated rings. The lowest BCUT2D eigenvalue weighted by Gasteiger charge is -2.20. The Bertz CT molecular complexity index is 1240. The quantitative estimate of drug-likeness (QED) is 0.268. The van der Waals surface area contributed by atoms with Gasteiger partial charge in [0.15, 0.2) is 0 Å². The Balaban J connectivity index is 1.49. The summed E-state index contributed by atoms with van der Waals surface area (Å²) in [6.45, 7) is -0.208. The molecule has 0 unspecified atom stereocenters. The smallest absolute Gasteiger partial charge is 0.229 e. The summed E-state index contributed by atoms with van der Waals surface area (Å²) in [5.41, 5.74) is 3.13. The Morgan fingerprint density at radius 3 is 2.53 bits per heavy atom. The Morgan fingerprint density at radius 2 is 1.79 bits per heavy atom. The molecule has 0 radical (unpaired) electrons. The van der Waals surface area contributed by atoms with E-state index in [1.165, 1.54) is 17.7 Å². The van der Waals surface area contributed by atoms with Crippen molar-refractivity contribution in [2.24, 2.45) is 5.92 Å². The lowest BCUT2D eigenvalue weighted by molar-refractivity contribution is 0.00446. The number of aromatic nitrogens is 5. The van der Waals surface area contributed by atoms with Crippen LogP contribution in [0.4, 0.5) is 17.5 Å². The Hall–Kier alpha value is -3.51. The molecule has 3 heterocycles. The van der Waals surface area contributed by atoms with Crippen molar-refractivity contribution in [3.05, 3.63) is 60.6 Å². The van der Waals surface area contributed by atoms with E-state index in [-0.39, 0.29) is 6.61 Å². The fraction of sp³-hybridized carbons (Fsp3) is 0.261. The predicted octanol–water partition coefficient (Wildman–Crippen LogP) is 2.32. The zero-order valence-electron chi connectivity index (χ0n) is 18.0. The third-order valence-corrected chi connectivity index (χ3v) is 6.64. The molecule has 0 bridgehead atoms. The van der Waals surface area contributed by atoms with Gasteiger partial charge in [-0.05, 0) is 6.42 Å². The van der Waals surface area contributed by atoms with E-state index in [1.54, 1.807) is 18.6 Å². The molecule has 11 heteroatoms. The molecule has 4 atom stereocenters. The summed E-state index contributed by atoms with van der Waals surface area (Å²) in [7, 11) is 0. The van der Waals surface area contributed by atoms with Gasteiger partial charge in [-0.2, -0.15) is 4.98 Å². The molecule has 0 saturated heterocycles. The molecule has 4 aromatic rings. The van der Waals surface area contributed by atoms with Crippen molar-refractivity contribution in [2.75, 3.05) is 17.2 Å². The highest BCUT2D eigenvalue weighted by molar-refractivity contribution is 7.13. The number of rotatable bonds is 7. The second-order valence-electron chi connectivity index (χ2n) is 8.02. The van der Waals surface area contributed by atoms with Gasteiger partial charge in [0, 0.05) is 29.7 Å². The van der Waals surface area contributed by atoms with Crippen LogP contribution in [0.1, 0.15) is 6.42 Å². The first-order valence-corrected chi connectivity index (χ1v) is 11.6. The van der Waals surface area contributed by atoms with Gasteiger partial charge in [-0.3, -0.25) is 0 Å². The molecular formula is C23H23N7O3S. The van der Waals surface area contributed by atoms with E-state index < -0.39 is 24.2 Å². The fourth-order valence-electron chi connectivity index (χ4n) is 3.96. The van der Waals surface area contributed by atoms with E-state index in [1.807, 2.05) is 35.7 Å². The van der Waals surface area contributed by atoms with Crippen molar-refractivity contribution in [1.82, 2.24) is 24.9 Å². The monoisotopic (exact) mass is 477 g/mol. The zero-order chi connectivity index (χ0) is 23.5. The predicted molar refractivity (Wildman–Crippen MR) is 129 cm³/mol. The number of benzene rings is 1. The second-order valence-corrected chi connectivity index (χ2v) is 8.88. The molecule has 5 rings (SSSR count). The number of thiazole rings is 1. The third-order valence-electron chi connectivity index (χ3n) is 5.77. The van der Waals surface area contributed by atoms with Gasteiger partial charge in [-0.15, -0.1) is 11.3 Å². The summed E-state index contributed by atoms with van der Waals surface area (Å²) in [6.07, 6.45) is 4.63. The minimum Gasteiger partial charge on any atom is -0.396 e. The number of hydrogen-bond donors (Lipinski definition) is 5. The van der Waals surface area contributed by atoms with Crippen molar-refractivity contribution in [1.29, 1.82) is 0 Å². The van der Waals surface area contributed by atoms with Crippen LogP contribution in [0.15, 0.2) is 60.6 Å². The van der Waals surface area contributed by atoms with Crippen molar-refractivity contribution in [2.45, 2.75) is 24.7 Å². The van der Waals surface area contributed by atoms with Gasteiger partial charge in [0.25, 0.3) is 0 Å². The van der Waals surface area contributed by atoms with Gasteiger partial charge >= 0.3 is 0 Å². The van der Waals surface area contributed by atoms with E-state index >= 15 is 0 Å². The van der Waals surface area contributed by atoms with E-state index in [2.05, 4.69) is 30.6 Å². The molecular weight excluding hydrogens is 454 g/mol. The summed E-state index contributed by atoms with van der Waals surface area (Å²) >= 11 is 1.46. The van der Waals surface area contributed by atoms with Crippen molar-refractivity contribution < 1.29 is 15.3 Å². The topological polar surface area (TPSA) is 149 Å². The summed E-state index contributed by atoms with van der Waals surface area (Å²) < 4.78 is 0. The second kappa shape index (κ2) is 9.77. The van der Waals surface area contributed by atoms with Gasteiger partial charge in [-0.1, -0.05) is 30.3 Å². The average molecular weight is 478 g/mol. The van der Waals surface area contributed by atoms with Crippen LogP contribution in [-0.4, -0.2) is 65.1 Å². The Morgan fingerprint density at radius 1 is 1.00 bits per heavy atom. The molecule has 10 nitrogen and oxygen atoms in total. The van der Waals surface area contributed by atoms with E-state index in [9.17, 15) is 15.3 Å². The molecule has 34 heavy (non-hydrogen) atoms. The molecule has 0 spiro atoms. The SMILES string of the molecule is OC[C@H]1C[C@@H](Nc2nc(Nc3cncnc3)ncc2-c2nc(-c3ccccc3)cs2)[C@H](O)[C@@H]1O. The first kappa shape index (κ1) is 22.3. The van der Waals surface area contributed by atoms with Gasteiger partial charge < -0.3 is 26.0 Å². The number of nitrogens with zero attached hydrogens (tertiary/aromatic N) is 5. The molecule has 3 aromatic heterocycles. The van der Waals surface area contributed by atoms with E-state index in [0.717, 1.165) is 11.3 Å². The van der Waals surface area contributed by atoms with Crippen LogP contribution < -0.4 is 10.6 Å².